The highest BCUT2D eigenvalue weighted by Crippen LogP contribution is 2.20. The quantitative estimate of drug-likeness (QED) is 0.732. The van der Waals surface area contributed by atoms with E-state index in [-0.39, 0.29) is 0 Å². The molecule has 1 atom stereocenters. The van der Waals surface area contributed by atoms with Gasteiger partial charge in [-0.05, 0) is 44.0 Å². The first kappa shape index (κ1) is 16.8. The molecular formula is C18H30N4. The average Bonchev–Trinajstić information content (AvgIpc) is 2.91. The third-order valence-electron chi connectivity index (χ3n) is 4.31. The van der Waals surface area contributed by atoms with E-state index in [2.05, 4.69) is 66.3 Å². The van der Waals surface area contributed by atoms with E-state index in [9.17, 15) is 0 Å². The molecule has 0 fully saturated rings. The molecule has 2 N–H and O–H groups in total. The van der Waals surface area contributed by atoms with Crippen LogP contribution >= 0.6 is 0 Å². The molecule has 1 aromatic heterocycles. The average molecular weight is 302 g/mol. The van der Waals surface area contributed by atoms with Gasteiger partial charge in [-0.15, -0.1) is 0 Å². The second kappa shape index (κ2) is 8.18. The van der Waals surface area contributed by atoms with E-state index in [0.29, 0.717) is 6.04 Å². The van der Waals surface area contributed by atoms with Crippen LogP contribution in [0.1, 0.15) is 40.5 Å². The molecular weight excluding hydrogens is 272 g/mol. The monoisotopic (exact) mass is 302 g/mol. The molecule has 0 spiro atoms. The van der Waals surface area contributed by atoms with Gasteiger partial charge in [0.25, 0.3) is 0 Å². The number of rotatable bonds is 9. The third-order valence-corrected chi connectivity index (χ3v) is 4.31. The Hall–Kier alpha value is -1.55. The highest BCUT2D eigenvalue weighted by Gasteiger charge is 2.17. The van der Waals surface area contributed by atoms with E-state index >= 15 is 0 Å². The highest BCUT2D eigenvalue weighted by molar-refractivity contribution is 5.89. The lowest BCUT2D eigenvalue weighted by Gasteiger charge is -2.31. The molecule has 0 amide bonds. The second-order valence-corrected chi connectivity index (χ2v) is 6.34. The van der Waals surface area contributed by atoms with Crippen LogP contribution in [0.4, 0.5) is 5.82 Å². The van der Waals surface area contributed by atoms with Gasteiger partial charge in [0, 0.05) is 18.0 Å². The van der Waals surface area contributed by atoms with Gasteiger partial charge in [-0.2, -0.15) is 5.10 Å². The number of anilines is 1. The standard InChI is InChI=1S/C18H30N4/c1-5-22(6-2)15(13-14(3)4)11-12-19-18-16-9-7-8-10-17(16)20-21-18/h7-10,14-15H,5-6,11-13H2,1-4H3,(H2,19,20,21). The SMILES string of the molecule is CCN(CC)C(CCNc1n[nH]c2ccccc12)CC(C)C. The van der Waals surface area contributed by atoms with Crippen molar-refractivity contribution in [1.29, 1.82) is 0 Å². The summed E-state index contributed by atoms with van der Waals surface area (Å²) >= 11 is 0. The molecule has 2 aromatic rings. The molecule has 0 aliphatic carbocycles. The maximum absolute atomic E-state index is 4.39. The zero-order chi connectivity index (χ0) is 15.9. The zero-order valence-electron chi connectivity index (χ0n) is 14.4. The van der Waals surface area contributed by atoms with Gasteiger partial charge >= 0.3 is 0 Å². The molecule has 1 heterocycles. The fraction of sp³-hybridized carbons (Fsp3) is 0.611. The number of nitrogens with one attached hydrogen (secondary N) is 2. The summed E-state index contributed by atoms with van der Waals surface area (Å²) in [5, 5.41) is 12.1. The van der Waals surface area contributed by atoms with Crippen LogP contribution in [0.2, 0.25) is 0 Å². The topological polar surface area (TPSA) is 44.0 Å². The summed E-state index contributed by atoms with van der Waals surface area (Å²) in [7, 11) is 0. The van der Waals surface area contributed by atoms with E-state index in [4.69, 9.17) is 0 Å². The summed E-state index contributed by atoms with van der Waals surface area (Å²) in [6, 6.07) is 8.90. The Balaban J connectivity index is 1.94. The van der Waals surface area contributed by atoms with Gasteiger partial charge in [-0.1, -0.05) is 39.8 Å². The van der Waals surface area contributed by atoms with E-state index < -0.39 is 0 Å². The number of para-hydroxylation sites is 1. The normalized spacial score (nSPS) is 13.2. The molecule has 0 saturated carbocycles. The van der Waals surface area contributed by atoms with Crippen molar-refractivity contribution < 1.29 is 0 Å². The van der Waals surface area contributed by atoms with Gasteiger partial charge in [0.2, 0.25) is 0 Å². The lowest BCUT2D eigenvalue weighted by atomic mass is 9.99. The maximum atomic E-state index is 4.39. The lowest BCUT2D eigenvalue weighted by Crippen LogP contribution is -2.37. The van der Waals surface area contributed by atoms with Gasteiger partial charge in [0.1, 0.15) is 0 Å². The molecule has 2 rings (SSSR count). The van der Waals surface area contributed by atoms with Crippen molar-refractivity contribution in [2.45, 2.75) is 46.6 Å². The fourth-order valence-electron chi connectivity index (χ4n) is 3.19. The van der Waals surface area contributed by atoms with Crippen molar-refractivity contribution in [2.24, 2.45) is 5.92 Å². The first-order valence-corrected chi connectivity index (χ1v) is 8.56. The number of aromatic nitrogens is 2. The van der Waals surface area contributed by atoms with Crippen molar-refractivity contribution in [1.82, 2.24) is 15.1 Å². The van der Waals surface area contributed by atoms with Gasteiger partial charge in [0.05, 0.1) is 5.52 Å². The van der Waals surface area contributed by atoms with Crippen molar-refractivity contribution in [3.05, 3.63) is 24.3 Å². The minimum Gasteiger partial charge on any atom is -0.368 e. The van der Waals surface area contributed by atoms with Crippen molar-refractivity contribution >= 4 is 16.7 Å². The van der Waals surface area contributed by atoms with Crippen molar-refractivity contribution in [3.63, 3.8) is 0 Å². The van der Waals surface area contributed by atoms with Crippen LogP contribution in [0.25, 0.3) is 10.9 Å². The number of fused-ring (bicyclic) bond motifs is 1. The van der Waals surface area contributed by atoms with Crippen LogP contribution < -0.4 is 5.32 Å². The first-order chi connectivity index (χ1) is 10.7. The molecule has 0 radical (unpaired) electrons. The molecule has 22 heavy (non-hydrogen) atoms. The number of hydrogen-bond donors (Lipinski definition) is 2. The summed E-state index contributed by atoms with van der Waals surface area (Å²) in [4.78, 5) is 2.57. The van der Waals surface area contributed by atoms with Crippen LogP contribution in [-0.2, 0) is 0 Å². The number of benzene rings is 1. The lowest BCUT2D eigenvalue weighted by molar-refractivity contribution is 0.184. The molecule has 0 aliphatic heterocycles. The predicted octanol–water partition coefficient (Wildman–Crippen LogP) is 4.12. The van der Waals surface area contributed by atoms with Crippen LogP contribution in [0.5, 0.6) is 0 Å². The van der Waals surface area contributed by atoms with Gasteiger partial charge < -0.3 is 10.2 Å². The summed E-state index contributed by atoms with van der Waals surface area (Å²) in [5.74, 6) is 1.70. The summed E-state index contributed by atoms with van der Waals surface area (Å²) in [5.41, 5.74) is 1.09. The molecule has 0 saturated heterocycles. The van der Waals surface area contributed by atoms with Crippen LogP contribution in [-0.4, -0.2) is 40.8 Å². The summed E-state index contributed by atoms with van der Waals surface area (Å²) in [6.07, 6.45) is 2.41. The van der Waals surface area contributed by atoms with Crippen molar-refractivity contribution in [3.8, 4) is 0 Å². The number of aromatic amines is 1. The maximum Gasteiger partial charge on any atom is 0.155 e. The largest absolute Gasteiger partial charge is 0.368 e. The summed E-state index contributed by atoms with van der Waals surface area (Å²) < 4.78 is 0. The number of nitrogens with zero attached hydrogens (tertiary/aromatic N) is 2. The first-order valence-electron chi connectivity index (χ1n) is 8.56. The molecule has 0 aliphatic rings. The van der Waals surface area contributed by atoms with Crippen LogP contribution in [0, 0.1) is 5.92 Å². The molecule has 0 bridgehead atoms. The van der Waals surface area contributed by atoms with Crippen LogP contribution in [0.3, 0.4) is 0 Å². The Kier molecular flexibility index (Phi) is 6.25. The van der Waals surface area contributed by atoms with E-state index in [1.807, 2.05) is 6.07 Å². The Morgan fingerprint density at radius 2 is 1.91 bits per heavy atom. The minimum absolute atomic E-state index is 0.646. The van der Waals surface area contributed by atoms with Gasteiger partial charge in [-0.25, -0.2) is 0 Å². The second-order valence-electron chi connectivity index (χ2n) is 6.34. The molecule has 1 unspecified atom stereocenters. The molecule has 4 nitrogen and oxygen atoms in total. The fourth-order valence-corrected chi connectivity index (χ4v) is 3.19. The van der Waals surface area contributed by atoms with Gasteiger partial charge in [-0.3, -0.25) is 5.10 Å². The van der Waals surface area contributed by atoms with E-state index in [1.54, 1.807) is 0 Å². The Morgan fingerprint density at radius 1 is 1.18 bits per heavy atom. The zero-order valence-corrected chi connectivity index (χ0v) is 14.4. The third kappa shape index (κ3) is 4.23. The van der Waals surface area contributed by atoms with Gasteiger partial charge in [0.15, 0.2) is 5.82 Å². The highest BCUT2D eigenvalue weighted by atomic mass is 15.2. The Bertz CT molecular complexity index is 557. The number of hydrogen-bond acceptors (Lipinski definition) is 3. The molecule has 122 valence electrons. The van der Waals surface area contributed by atoms with Crippen molar-refractivity contribution in [2.75, 3.05) is 25.0 Å². The van der Waals surface area contributed by atoms with E-state index in [0.717, 1.165) is 43.3 Å². The summed E-state index contributed by atoms with van der Waals surface area (Å²) in [6.45, 7) is 12.3. The van der Waals surface area contributed by atoms with Crippen LogP contribution in [0.15, 0.2) is 24.3 Å². The minimum atomic E-state index is 0.646. The predicted molar refractivity (Wildman–Crippen MR) is 95.4 cm³/mol. The molecule has 1 aromatic carbocycles. The number of H-pyrrole nitrogens is 1. The molecule has 4 heteroatoms. The Labute approximate surface area is 134 Å². The smallest absolute Gasteiger partial charge is 0.155 e. The Morgan fingerprint density at radius 3 is 2.59 bits per heavy atom. The van der Waals surface area contributed by atoms with E-state index in [1.165, 1.54) is 11.8 Å².